The molecule has 7 amide bonds. The van der Waals surface area contributed by atoms with E-state index in [1.54, 1.807) is 73.1 Å². The van der Waals surface area contributed by atoms with Gasteiger partial charge in [-0.1, -0.05) is 140 Å². The quantitative estimate of drug-likeness (QED) is 0.0214. The number of benzene rings is 5. The number of H-pyrrole nitrogens is 2. The monoisotopic (exact) mass is 1180 g/mol. The first-order valence-electron chi connectivity index (χ1n) is 28.3. The van der Waals surface area contributed by atoms with Gasteiger partial charge >= 0.3 is 5.97 Å². The minimum atomic E-state index is -1.66. The van der Waals surface area contributed by atoms with E-state index in [1.807, 2.05) is 78.9 Å². The average Bonchev–Trinajstić information content (AvgIpc) is 4.17. The van der Waals surface area contributed by atoms with Crippen molar-refractivity contribution in [1.82, 2.24) is 47.2 Å². The van der Waals surface area contributed by atoms with Crippen molar-refractivity contribution >= 4 is 81.8 Å². The third kappa shape index (κ3) is 18.6. The smallest absolute Gasteiger partial charge is 0.326 e. The minimum Gasteiger partial charge on any atom is -0.480 e. The number of carboxylic acids is 1. The predicted molar refractivity (Wildman–Crippen MR) is 327 cm³/mol. The Hall–Kier alpha value is -8.83. The lowest BCUT2D eigenvalue weighted by atomic mass is 9.99. The summed E-state index contributed by atoms with van der Waals surface area (Å²) in [4.78, 5) is 120. The summed E-state index contributed by atoms with van der Waals surface area (Å²) in [5, 5.41) is 41.4. The molecule has 2 aromatic heterocycles. The maximum Gasteiger partial charge on any atom is 0.326 e. The summed E-state index contributed by atoms with van der Waals surface area (Å²) < 4.78 is 0. The van der Waals surface area contributed by atoms with Crippen molar-refractivity contribution in [2.45, 2.75) is 119 Å². The minimum absolute atomic E-state index is 0.0250. The fourth-order valence-corrected chi connectivity index (χ4v) is 10.2. The summed E-state index contributed by atoms with van der Waals surface area (Å²) in [7, 11) is 0. The average molecular weight is 1180 g/mol. The second kappa shape index (κ2) is 31.7. The molecule has 21 nitrogen and oxygen atoms in total. The highest BCUT2D eigenvalue weighted by Gasteiger charge is 2.36. The van der Waals surface area contributed by atoms with E-state index >= 15 is 9.59 Å². The number of hydrogen-bond acceptors (Lipinski definition) is 12. The third-order valence-electron chi connectivity index (χ3n) is 14.6. The molecule has 0 aliphatic carbocycles. The van der Waals surface area contributed by atoms with E-state index in [4.69, 9.17) is 11.5 Å². The number of aliphatic hydroxyl groups excluding tert-OH is 1. The molecule has 7 rings (SSSR count). The first-order chi connectivity index (χ1) is 41.0. The lowest BCUT2D eigenvalue weighted by Crippen LogP contribution is -2.61. The predicted octanol–water partition coefficient (Wildman–Crippen LogP) is 2.80. The van der Waals surface area contributed by atoms with Crippen molar-refractivity contribution in [2.75, 3.05) is 12.3 Å². The molecule has 448 valence electrons. The van der Waals surface area contributed by atoms with Crippen LogP contribution in [0.25, 0.3) is 21.8 Å². The summed E-state index contributed by atoms with van der Waals surface area (Å²) in [5.74, 6) is -7.12. The molecule has 0 aliphatic rings. The van der Waals surface area contributed by atoms with Crippen LogP contribution in [-0.2, 0) is 70.5 Å². The fraction of sp³-hybridized carbons (Fsp3) is 0.333. The SMILES string of the molecule is C[C@@H](O)[C@H](NC(=O)[C@H](CCCCCN)NC(=O)[C@@H](Cc1c[nH]c2ccccc12)NC(=O)[C@H](Cc1c[nH]c2ccccc12)NC(=O)[C@H](Cc1ccccc1)NC(=O)[C@H](CS)NC(=O)[C@H](N)Cc1ccccc1)C(=O)N[C@@H](Cc1ccccc1)C(=O)O. The summed E-state index contributed by atoms with van der Waals surface area (Å²) in [6, 6.07) is 30.4. The van der Waals surface area contributed by atoms with Gasteiger partial charge in [-0.3, -0.25) is 33.6 Å². The van der Waals surface area contributed by atoms with Crippen LogP contribution in [0, 0.1) is 0 Å². The molecule has 85 heavy (non-hydrogen) atoms. The van der Waals surface area contributed by atoms with Gasteiger partial charge in [0.25, 0.3) is 0 Å². The van der Waals surface area contributed by atoms with E-state index in [-0.39, 0.29) is 44.3 Å². The molecule has 5 aromatic carbocycles. The van der Waals surface area contributed by atoms with E-state index in [2.05, 4.69) is 59.8 Å². The molecule has 0 radical (unpaired) electrons. The number of hydrogen-bond donors (Lipinski definition) is 14. The number of aromatic nitrogens is 2. The molecule has 7 aromatic rings. The van der Waals surface area contributed by atoms with Crippen LogP contribution in [-0.4, -0.2) is 134 Å². The number of fused-ring (bicyclic) bond motifs is 2. The number of para-hydroxylation sites is 2. The molecule has 0 spiro atoms. The van der Waals surface area contributed by atoms with Gasteiger partial charge < -0.3 is 68.9 Å². The normalized spacial score (nSPS) is 14.5. The van der Waals surface area contributed by atoms with Crippen LogP contribution in [0.2, 0.25) is 0 Å². The van der Waals surface area contributed by atoms with Crippen molar-refractivity contribution in [2.24, 2.45) is 11.5 Å². The Morgan fingerprint density at radius 1 is 0.459 bits per heavy atom. The zero-order valence-electron chi connectivity index (χ0n) is 47.2. The Bertz CT molecular complexity index is 3360. The largest absolute Gasteiger partial charge is 0.480 e. The van der Waals surface area contributed by atoms with Crippen molar-refractivity contribution in [3.05, 3.63) is 180 Å². The number of amides is 7. The Morgan fingerprint density at radius 3 is 1.31 bits per heavy atom. The Labute approximate surface area is 498 Å². The van der Waals surface area contributed by atoms with Gasteiger partial charge in [-0.05, 0) is 72.7 Å². The zero-order valence-corrected chi connectivity index (χ0v) is 48.1. The molecule has 2 heterocycles. The number of rotatable bonds is 32. The maximum atomic E-state index is 15.2. The van der Waals surface area contributed by atoms with E-state index < -0.39 is 102 Å². The molecule has 9 atom stereocenters. The highest BCUT2D eigenvalue weighted by atomic mass is 32.1. The topological polar surface area (TPSA) is 345 Å². The second-order valence-electron chi connectivity index (χ2n) is 21.1. The maximum absolute atomic E-state index is 15.2. The highest BCUT2D eigenvalue weighted by Crippen LogP contribution is 2.22. The molecule has 0 aliphatic heterocycles. The van der Waals surface area contributed by atoms with Crippen LogP contribution in [0.15, 0.2) is 152 Å². The lowest BCUT2D eigenvalue weighted by Gasteiger charge is -2.28. The number of aliphatic hydroxyl groups is 1. The summed E-state index contributed by atoms with van der Waals surface area (Å²) in [6.07, 6.45) is 3.23. The van der Waals surface area contributed by atoms with Crippen LogP contribution in [0.4, 0.5) is 0 Å². The molecular weight excluding hydrogens is 1100 g/mol. The number of carbonyl (C=O) groups is 8. The van der Waals surface area contributed by atoms with E-state index in [1.165, 1.54) is 6.92 Å². The van der Waals surface area contributed by atoms with E-state index in [9.17, 15) is 39.0 Å². The van der Waals surface area contributed by atoms with Crippen LogP contribution in [0.1, 0.15) is 60.4 Å². The van der Waals surface area contributed by atoms with Crippen LogP contribution in [0.3, 0.4) is 0 Å². The first kappa shape index (κ1) is 63.7. The number of aromatic amines is 2. The molecule has 22 heteroatoms. The lowest BCUT2D eigenvalue weighted by molar-refractivity contribution is -0.143. The van der Waals surface area contributed by atoms with E-state index in [0.717, 1.165) is 27.4 Å². The molecule has 0 saturated carbocycles. The first-order valence-corrected chi connectivity index (χ1v) is 29.0. The van der Waals surface area contributed by atoms with Crippen molar-refractivity contribution < 1.29 is 48.6 Å². The van der Waals surface area contributed by atoms with Gasteiger partial charge in [-0.15, -0.1) is 0 Å². The van der Waals surface area contributed by atoms with Crippen molar-refractivity contribution in [3.63, 3.8) is 0 Å². The third-order valence-corrected chi connectivity index (χ3v) is 15.0. The summed E-state index contributed by atoms with van der Waals surface area (Å²) in [5.41, 5.74) is 16.9. The standard InChI is InChI=1S/C63H75N11O10S/c1-38(75)55(62(82)72-53(63(83)84)32-41-22-10-4-11-23-41)74-57(77)49(28-12-5-17-29-64)68-59(79)51(33-42-35-66-47-26-15-13-24-44(42)47)71-60(80)52(34-43-36-67-48-27-16-14-25-45(43)48)70-58(78)50(31-40-20-8-3-9-21-40)69-61(81)54(37-85)73-56(76)46(65)30-39-18-6-2-7-19-39/h2-4,6-11,13-16,18-27,35-36,38,46,49-55,66-67,75,85H,5,12,17,28-34,37,64-65H2,1H3,(H,68,79)(H,69,81)(H,70,78)(H,71,80)(H,72,82)(H,73,76)(H,74,77)(H,83,84)/t38-,46-,49+,50+,51-,52+,53+,54+,55+/m1/s1. The Kier molecular flexibility index (Phi) is 23.8. The van der Waals surface area contributed by atoms with Gasteiger partial charge in [-0.25, -0.2) is 4.79 Å². The molecule has 0 unspecified atom stereocenters. The number of carboxylic acid groups (broad SMARTS) is 1. The van der Waals surface area contributed by atoms with Crippen LogP contribution < -0.4 is 48.7 Å². The molecular formula is C63H75N11O10S. The van der Waals surface area contributed by atoms with Gasteiger partial charge in [0.2, 0.25) is 41.4 Å². The number of nitrogens with two attached hydrogens (primary N) is 2. The van der Waals surface area contributed by atoms with Crippen molar-refractivity contribution in [3.8, 4) is 0 Å². The van der Waals surface area contributed by atoms with Gasteiger partial charge in [-0.2, -0.15) is 12.6 Å². The van der Waals surface area contributed by atoms with Gasteiger partial charge in [0.15, 0.2) is 0 Å². The van der Waals surface area contributed by atoms with Crippen LogP contribution in [0.5, 0.6) is 0 Å². The summed E-state index contributed by atoms with van der Waals surface area (Å²) >= 11 is 4.37. The van der Waals surface area contributed by atoms with Gasteiger partial charge in [0, 0.05) is 65.6 Å². The fourth-order valence-electron chi connectivity index (χ4n) is 9.95. The number of thiol groups is 1. The number of nitrogens with one attached hydrogen (secondary N) is 9. The van der Waals surface area contributed by atoms with Gasteiger partial charge in [0.05, 0.1) is 12.1 Å². The number of unbranched alkanes of at least 4 members (excludes halogenated alkanes) is 2. The summed E-state index contributed by atoms with van der Waals surface area (Å²) in [6.45, 7) is 1.61. The van der Waals surface area contributed by atoms with Crippen molar-refractivity contribution in [1.29, 1.82) is 0 Å². The molecule has 0 bridgehead atoms. The molecule has 15 N–H and O–H groups in total. The number of aliphatic carboxylic acids is 1. The Morgan fingerprint density at radius 2 is 0.847 bits per heavy atom. The Balaban J connectivity index is 1.17. The van der Waals surface area contributed by atoms with E-state index in [0.29, 0.717) is 48.1 Å². The zero-order chi connectivity index (χ0) is 60.8. The van der Waals surface area contributed by atoms with Gasteiger partial charge in [0.1, 0.15) is 42.3 Å². The molecule has 0 fully saturated rings. The second-order valence-corrected chi connectivity index (χ2v) is 21.4. The van der Waals surface area contributed by atoms with Crippen LogP contribution >= 0.6 is 12.6 Å². The molecule has 0 saturated heterocycles. The number of carbonyl (C=O) groups excluding carboxylic acids is 7. The highest BCUT2D eigenvalue weighted by molar-refractivity contribution is 7.80.